The number of hydrogen-bond acceptors (Lipinski definition) is 4. The molecule has 3 nitrogen and oxygen atoms in total. The van der Waals surface area contributed by atoms with Crippen LogP contribution in [-0.4, -0.2) is 29.5 Å². The third-order valence-corrected chi connectivity index (χ3v) is 4.73. The summed E-state index contributed by atoms with van der Waals surface area (Å²) >= 11 is 5.07. The Morgan fingerprint density at radius 1 is 1.26 bits per heavy atom. The fraction of sp³-hybridized carbons (Fsp3) is 0.500. The second-order valence-electron chi connectivity index (χ2n) is 4.27. The largest absolute Gasteiger partial charge is 0.368 e. The van der Waals surface area contributed by atoms with Crippen LogP contribution in [0.25, 0.3) is 5.57 Å². The number of rotatable bonds is 2. The first kappa shape index (κ1) is 14.6. The van der Waals surface area contributed by atoms with E-state index in [9.17, 15) is 0 Å². The van der Waals surface area contributed by atoms with Gasteiger partial charge in [-0.1, -0.05) is 19.9 Å². The van der Waals surface area contributed by atoms with Crippen molar-refractivity contribution >= 4 is 32.8 Å². The molecule has 1 fully saturated rings. The summed E-state index contributed by atoms with van der Waals surface area (Å²) in [5.41, 5.74) is 1.27. The molecule has 0 bridgehead atoms. The summed E-state index contributed by atoms with van der Waals surface area (Å²) in [7, 11) is 0. The summed E-state index contributed by atoms with van der Waals surface area (Å²) in [4.78, 5) is 6.86. The van der Waals surface area contributed by atoms with Gasteiger partial charge in [0.25, 0.3) is 0 Å². The van der Waals surface area contributed by atoms with E-state index in [-0.39, 0.29) is 0 Å². The summed E-state index contributed by atoms with van der Waals surface area (Å²) in [5, 5.41) is 6.61. The van der Waals surface area contributed by atoms with Crippen LogP contribution in [-0.2, 0) is 0 Å². The minimum atomic E-state index is 0.877. The molecule has 0 spiro atoms. The average Bonchev–Trinajstić information content (AvgIpc) is 3.12. The van der Waals surface area contributed by atoms with E-state index in [1.54, 1.807) is 11.3 Å². The Kier molecular flexibility index (Phi) is 5.45. The van der Waals surface area contributed by atoms with Crippen molar-refractivity contribution in [3.63, 3.8) is 0 Å². The molecule has 104 valence electrons. The van der Waals surface area contributed by atoms with Crippen LogP contribution in [0.15, 0.2) is 28.0 Å². The Morgan fingerprint density at radius 3 is 2.53 bits per heavy atom. The molecule has 1 aromatic heterocycles. The van der Waals surface area contributed by atoms with Gasteiger partial charge in [0.05, 0.1) is 0 Å². The van der Waals surface area contributed by atoms with Gasteiger partial charge < -0.3 is 10.2 Å². The van der Waals surface area contributed by atoms with Crippen LogP contribution < -0.4 is 5.32 Å². The quantitative estimate of drug-likeness (QED) is 0.885. The summed E-state index contributed by atoms with van der Waals surface area (Å²) < 4.78 is 0.924. The number of halogens is 1. The molecule has 0 amide bonds. The summed E-state index contributed by atoms with van der Waals surface area (Å²) in [6.07, 6.45) is 7.00. The number of allylic oxidation sites excluding steroid dienone is 2. The molecule has 0 atom stereocenters. The van der Waals surface area contributed by atoms with Crippen molar-refractivity contribution in [2.75, 3.05) is 19.6 Å². The molecular weight excluding hydrogens is 322 g/mol. The first-order chi connectivity index (χ1) is 9.33. The lowest BCUT2D eigenvalue weighted by atomic mass is 10.2. The van der Waals surface area contributed by atoms with E-state index < -0.39 is 0 Å². The van der Waals surface area contributed by atoms with Crippen LogP contribution in [0.4, 0.5) is 0 Å². The minimum absolute atomic E-state index is 0.877. The van der Waals surface area contributed by atoms with Crippen molar-refractivity contribution in [1.29, 1.82) is 0 Å². The van der Waals surface area contributed by atoms with E-state index in [1.807, 2.05) is 19.2 Å². The van der Waals surface area contributed by atoms with Crippen molar-refractivity contribution in [3.8, 4) is 0 Å². The number of hydrogen-bond donors (Lipinski definition) is 1. The minimum Gasteiger partial charge on any atom is -0.368 e. The van der Waals surface area contributed by atoms with E-state index in [0.717, 1.165) is 16.2 Å². The van der Waals surface area contributed by atoms with E-state index in [2.05, 4.69) is 43.3 Å². The Morgan fingerprint density at radius 2 is 2.00 bits per heavy atom. The molecule has 0 aliphatic carbocycles. The Balaban J connectivity index is 0.000000637. The molecule has 19 heavy (non-hydrogen) atoms. The van der Waals surface area contributed by atoms with E-state index >= 15 is 0 Å². The molecule has 3 heterocycles. The third-order valence-electron chi connectivity index (χ3n) is 3.10. The van der Waals surface area contributed by atoms with E-state index in [1.165, 1.54) is 37.3 Å². The van der Waals surface area contributed by atoms with Crippen LogP contribution in [0.5, 0.6) is 0 Å². The molecule has 2 aliphatic heterocycles. The summed E-state index contributed by atoms with van der Waals surface area (Å²) in [6, 6.07) is 0. The first-order valence-corrected chi connectivity index (χ1v) is 8.51. The third kappa shape index (κ3) is 3.60. The number of thiazole rings is 1. The van der Waals surface area contributed by atoms with Crippen LogP contribution in [0.1, 0.15) is 31.7 Å². The Labute approximate surface area is 127 Å². The number of aromatic nitrogens is 1. The van der Waals surface area contributed by atoms with Gasteiger partial charge in [0.1, 0.15) is 15.4 Å². The highest BCUT2D eigenvalue weighted by molar-refractivity contribution is 9.10. The smallest absolute Gasteiger partial charge is 0.122 e. The highest BCUT2D eigenvalue weighted by Gasteiger charge is 2.17. The molecule has 2 aliphatic rings. The molecule has 0 unspecified atom stereocenters. The van der Waals surface area contributed by atoms with Crippen LogP contribution in [0, 0.1) is 0 Å². The molecule has 0 radical (unpaired) electrons. The van der Waals surface area contributed by atoms with Crippen molar-refractivity contribution in [1.82, 2.24) is 15.2 Å². The normalized spacial score (nSPS) is 18.2. The van der Waals surface area contributed by atoms with Crippen LogP contribution in [0.3, 0.4) is 0 Å². The molecule has 3 rings (SSSR count). The van der Waals surface area contributed by atoms with Gasteiger partial charge in [0, 0.05) is 30.6 Å². The van der Waals surface area contributed by atoms with E-state index in [0.29, 0.717) is 0 Å². The lowest BCUT2D eigenvalue weighted by molar-refractivity contribution is 0.394. The molecular formula is C14H20BrN3S. The second kappa shape index (κ2) is 7.10. The van der Waals surface area contributed by atoms with E-state index in [4.69, 9.17) is 0 Å². The van der Waals surface area contributed by atoms with Crippen molar-refractivity contribution in [2.24, 2.45) is 0 Å². The van der Waals surface area contributed by atoms with Crippen LogP contribution in [0.2, 0.25) is 0 Å². The lowest BCUT2D eigenvalue weighted by Gasteiger charge is -2.25. The number of nitrogens with one attached hydrogen (secondary N) is 1. The van der Waals surface area contributed by atoms with Gasteiger partial charge in [-0.3, -0.25) is 0 Å². The van der Waals surface area contributed by atoms with Gasteiger partial charge in [-0.15, -0.1) is 11.3 Å². The average molecular weight is 342 g/mol. The SMILES string of the molecule is Brc1csc(C2=CC=C(N3CCCC3)NC2)n1.CC. The van der Waals surface area contributed by atoms with Crippen molar-refractivity contribution < 1.29 is 0 Å². The number of likely N-dealkylation sites (tertiary alicyclic amines) is 1. The lowest BCUT2D eigenvalue weighted by Crippen LogP contribution is -2.32. The van der Waals surface area contributed by atoms with Gasteiger partial charge in [0.15, 0.2) is 0 Å². The molecule has 1 saturated heterocycles. The molecule has 0 saturated carbocycles. The predicted molar refractivity (Wildman–Crippen MR) is 86.0 cm³/mol. The van der Waals surface area contributed by atoms with Gasteiger partial charge in [0.2, 0.25) is 0 Å². The Bertz CT molecular complexity index is 473. The molecule has 0 aromatic carbocycles. The van der Waals surface area contributed by atoms with Crippen molar-refractivity contribution in [3.05, 3.63) is 33.0 Å². The van der Waals surface area contributed by atoms with Gasteiger partial charge in [-0.05, 0) is 34.8 Å². The predicted octanol–water partition coefficient (Wildman–Crippen LogP) is 3.86. The van der Waals surface area contributed by atoms with Crippen LogP contribution >= 0.6 is 27.3 Å². The zero-order chi connectivity index (χ0) is 13.7. The van der Waals surface area contributed by atoms with Crippen molar-refractivity contribution in [2.45, 2.75) is 26.7 Å². The highest BCUT2D eigenvalue weighted by Crippen LogP contribution is 2.25. The highest BCUT2D eigenvalue weighted by atomic mass is 79.9. The standard InChI is InChI=1S/C12H14BrN3S.C2H6/c13-10-8-17-12(15-10)9-3-4-11(14-7-9)16-5-1-2-6-16;1-2/h3-4,8,14H,1-2,5-7H2;1-2H3. The maximum absolute atomic E-state index is 4.44. The second-order valence-corrected chi connectivity index (χ2v) is 5.94. The topological polar surface area (TPSA) is 28.2 Å². The summed E-state index contributed by atoms with van der Waals surface area (Å²) in [5.74, 6) is 1.27. The van der Waals surface area contributed by atoms with Gasteiger partial charge in [-0.2, -0.15) is 0 Å². The zero-order valence-electron chi connectivity index (χ0n) is 11.4. The molecule has 1 aromatic rings. The maximum Gasteiger partial charge on any atom is 0.122 e. The molecule has 1 N–H and O–H groups in total. The molecule has 5 heteroatoms. The first-order valence-electron chi connectivity index (χ1n) is 6.84. The van der Waals surface area contributed by atoms with Gasteiger partial charge >= 0.3 is 0 Å². The van der Waals surface area contributed by atoms with Gasteiger partial charge in [-0.25, -0.2) is 4.98 Å². The maximum atomic E-state index is 4.44. The zero-order valence-corrected chi connectivity index (χ0v) is 13.9. The number of nitrogens with zero attached hydrogens (tertiary/aromatic N) is 2. The fourth-order valence-corrected chi connectivity index (χ4v) is 3.49. The number of dihydropyridines is 1. The fourth-order valence-electron chi connectivity index (χ4n) is 2.21. The summed E-state index contributed by atoms with van der Waals surface area (Å²) in [6.45, 7) is 7.25. The monoisotopic (exact) mass is 341 g/mol. The Hall–Kier alpha value is -0.810.